The fraction of sp³-hybridized carbons (Fsp3) is 0.263. The van der Waals surface area contributed by atoms with Crippen LogP contribution in [-0.4, -0.2) is 22.9 Å². The molecule has 26 heavy (non-hydrogen) atoms. The summed E-state index contributed by atoms with van der Waals surface area (Å²) in [6.45, 7) is 7.00. The summed E-state index contributed by atoms with van der Waals surface area (Å²) in [5.74, 6) is -1.15. The number of ether oxygens (including phenoxy) is 1. The van der Waals surface area contributed by atoms with Crippen molar-refractivity contribution < 1.29 is 19.2 Å². The molecule has 0 fully saturated rings. The molecule has 0 aliphatic rings. The standard InChI is InChI=1S/C19H20N2O5/c1-11-8-12(2)17(13(3)9-11)19(23)26-14(4)18(22)20-15-6-5-7-16(10-15)21(24)25/h5-10,14H,1-4H3,(H,20,22). The number of nitrogens with one attached hydrogen (secondary N) is 1. The Bertz CT molecular complexity index is 853. The summed E-state index contributed by atoms with van der Waals surface area (Å²) in [5.41, 5.74) is 3.14. The molecule has 0 saturated carbocycles. The summed E-state index contributed by atoms with van der Waals surface area (Å²) in [7, 11) is 0. The molecule has 0 aliphatic carbocycles. The van der Waals surface area contributed by atoms with Crippen LogP contribution in [-0.2, 0) is 9.53 Å². The minimum absolute atomic E-state index is 0.140. The number of hydrogen-bond acceptors (Lipinski definition) is 5. The van der Waals surface area contributed by atoms with Crippen molar-refractivity contribution >= 4 is 23.3 Å². The maximum atomic E-state index is 12.4. The van der Waals surface area contributed by atoms with E-state index >= 15 is 0 Å². The molecule has 0 radical (unpaired) electrons. The lowest BCUT2D eigenvalue weighted by Crippen LogP contribution is -2.30. The summed E-state index contributed by atoms with van der Waals surface area (Å²) in [6, 6.07) is 9.29. The first-order valence-electron chi connectivity index (χ1n) is 8.03. The van der Waals surface area contributed by atoms with Crippen molar-refractivity contribution in [1.82, 2.24) is 0 Å². The zero-order valence-electron chi connectivity index (χ0n) is 15.0. The van der Waals surface area contributed by atoms with E-state index in [1.165, 1.54) is 31.2 Å². The molecule has 0 saturated heterocycles. The SMILES string of the molecule is Cc1cc(C)c(C(=O)OC(C)C(=O)Nc2cccc([N+](=O)[O-])c2)c(C)c1. The topological polar surface area (TPSA) is 98.5 Å². The van der Waals surface area contributed by atoms with Gasteiger partial charge in [0.15, 0.2) is 6.10 Å². The molecule has 136 valence electrons. The zero-order chi connectivity index (χ0) is 19.4. The van der Waals surface area contributed by atoms with Gasteiger partial charge in [0.1, 0.15) is 0 Å². The number of carbonyl (C=O) groups excluding carboxylic acids is 2. The maximum absolute atomic E-state index is 12.4. The van der Waals surface area contributed by atoms with E-state index in [2.05, 4.69) is 5.32 Å². The van der Waals surface area contributed by atoms with Crippen molar-refractivity contribution in [2.45, 2.75) is 33.8 Å². The van der Waals surface area contributed by atoms with Crippen LogP contribution in [0.2, 0.25) is 0 Å². The molecule has 1 unspecified atom stereocenters. The van der Waals surface area contributed by atoms with Crippen LogP contribution in [0, 0.1) is 30.9 Å². The fourth-order valence-electron chi connectivity index (χ4n) is 2.72. The van der Waals surface area contributed by atoms with Gasteiger partial charge in [-0.3, -0.25) is 14.9 Å². The molecule has 2 rings (SSSR count). The highest BCUT2D eigenvalue weighted by molar-refractivity contribution is 5.98. The van der Waals surface area contributed by atoms with Crippen molar-refractivity contribution in [2.75, 3.05) is 5.32 Å². The lowest BCUT2D eigenvalue weighted by atomic mass is 10.00. The average Bonchev–Trinajstić information content (AvgIpc) is 2.53. The molecule has 0 aromatic heterocycles. The summed E-state index contributed by atoms with van der Waals surface area (Å²) >= 11 is 0. The fourth-order valence-corrected chi connectivity index (χ4v) is 2.72. The highest BCUT2D eigenvalue weighted by Crippen LogP contribution is 2.20. The van der Waals surface area contributed by atoms with Crippen LogP contribution < -0.4 is 5.32 Å². The van der Waals surface area contributed by atoms with Gasteiger partial charge in [0.05, 0.1) is 10.5 Å². The Morgan fingerprint density at radius 1 is 1.12 bits per heavy atom. The summed E-state index contributed by atoms with van der Waals surface area (Å²) in [6.07, 6.45) is -1.05. The number of nitro groups is 1. The molecule has 1 atom stereocenters. The second-order valence-electron chi connectivity index (χ2n) is 6.12. The van der Waals surface area contributed by atoms with E-state index < -0.39 is 22.9 Å². The predicted molar refractivity (Wildman–Crippen MR) is 97.3 cm³/mol. The Morgan fingerprint density at radius 2 is 1.73 bits per heavy atom. The van der Waals surface area contributed by atoms with Crippen LogP contribution in [0.15, 0.2) is 36.4 Å². The predicted octanol–water partition coefficient (Wildman–Crippen LogP) is 3.70. The maximum Gasteiger partial charge on any atom is 0.339 e. The van der Waals surface area contributed by atoms with Gasteiger partial charge < -0.3 is 10.1 Å². The van der Waals surface area contributed by atoms with E-state index in [4.69, 9.17) is 4.74 Å². The minimum atomic E-state index is -1.05. The van der Waals surface area contributed by atoms with Crippen LogP contribution in [0.3, 0.4) is 0 Å². The Kier molecular flexibility index (Phi) is 5.71. The van der Waals surface area contributed by atoms with Gasteiger partial charge in [-0.2, -0.15) is 0 Å². The van der Waals surface area contributed by atoms with Gasteiger partial charge in [0, 0.05) is 17.8 Å². The van der Waals surface area contributed by atoms with E-state index in [-0.39, 0.29) is 11.4 Å². The molecule has 7 heteroatoms. The number of aryl methyl sites for hydroxylation is 3. The Hall–Kier alpha value is -3.22. The van der Waals surface area contributed by atoms with Gasteiger partial charge in [0.25, 0.3) is 11.6 Å². The van der Waals surface area contributed by atoms with Crippen LogP contribution in [0.4, 0.5) is 11.4 Å². The summed E-state index contributed by atoms with van der Waals surface area (Å²) < 4.78 is 5.26. The van der Waals surface area contributed by atoms with Crippen molar-refractivity contribution in [3.8, 4) is 0 Å². The smallest absolute Gasteiger partial charge is 0.339 e. The molecular formula is C19H20N2O5. The van der Waals surface area contributed by atoms with Crippen molar-refractivity contribution in [3.63, 3.8) is 0 Å². The zero-order valence-corrected chi connectivity index (χ0v) is 15.0. The van der Waals surface area contributed by atoms with Crippen LogP contribution in [0.1, 0.15) is 34.0 Å². The second-order valence-corrected chi connectivity index (χ2v) is 6.12. The largest absolute Gasteiger partial charge is 0.449 e. The van der Waals surface area contributed by atoms with E-state index in [9.17, 15) is 19.7 Å². The molecule has 1 N–H and O–H groups in total. The number of rotatable bonds is 5. The first kappa shape index (κ1) is 19.1. The molecule has 2 aromatic rings. The van der Waals surface area contributed by atoms with E-state index in [0.29, 0.717) is 5.56 Å². The van der Waals surface area contributed by atoms with E-state index in [1.54, 1.807) is 0 Å². The van der Waals surface area contributed by atoms with Crippen molar-refractivity contribution in [2.24, 2.45) is 0 Å². The number of anilines is 1. The third kappa shape index (κ3) is 4.44. The molecular weight excluding hydrogens is 336 g/mol. The number of non-ortho nitro benzene ring substituents is 1. The summed E-state index contributed by atoms with van der Waals surface area (Å²) in [4.78, 5) is 34.9. The molecule has 1 amide bonds. The molecule has 0 heterocycles. The quantitative estimate of drug-likeness (QED) is 0.500. The van der Waals surface area contributed by atoms with Gasteiger partial charge in [-0.05, 0) is 44.9 Å². The molecule has 0 spiro atoms. The number of nitro benzene ring substituents is 1. The molecule has 0 aliphatic heterocycles. The van der Waals surface area contributed by atoms with Crippen LogP contribution >= 0.6 is 0 Å². The number of carbonyl (C=O) groups is 2. The Morgan fingerprint density at radius 3 is 2.31 bits per heavy atom. The highest BCUT2D eigenvalue weighted by atomic mass is 16.6. The first-order chi connectivity index (χ1) is 12.2. The van der Waals surface area contributed by atoms with Crippen molar-refractivity contribution in [1.29, 1.82) is 0 Å². The number of benzene rings is 2. The lowest BCUT2D eigenvalue weighted by molar-refractivity contribution is -0.384. The van der Waals surface area contributed by atoms with Crippen LogP contribution in [0.5, 0.6) is 0 Å². The monoisotopic (exact) mass is 356 g/mol. The van der Waals surface area contributed by atoms with Gasteiger partial charge in [-0.15, -0.1) is 0 Å². The average molecular weight is 356 g/mol. The number of hydrogen-bond donors (Lipinski definition) is 1. The summed E-state index contributed by atoms with van der Waals surface area (Å²) in [5, 5.41) is 13.3. The number of esters is 1. The minimum Gasteiger partial charge on any atom is -0.449 e. The van der Waals surface area contributed by atoms with E-state index in [1.807, 2.05) is 32.9 Å². The third-order valence-electron chi connectivity index (χ3n) is 3.86. The van der Waals surface area contributed by atoms with Crippen molar-refractivity contribution in [3.05, 3.63) is 68.8 Å². The van der Waals surface area contributed by atoms with E-state index in [0.717, 1.165) is 16.7 Å². The van der Waals surface area contributed by atoms with Gasteiger partial charge in [0.2, 0.25) is 0 Å². The highest BCUT2D eigenvalue weighted by Gasteiger charge is 2.22. The molecule has 7 nitrogen and oxygen atoms in total. The van der Waals surface area contributed by atoms with Gasteiger partial charge in [-0.25, -0.2) is 4.79 Å². The third-order valence-corrected chi connectivity index (χ3v) is 3.86. The number of nitrogens with zero attached hydrogens (tertiary/aromatic N) is 1. The Labute approximate surface area is 151 Å². The molecule has 2 aromatic carbocycles. The van der Waals surface area contributed by atoms with Gasteiger partial charge >= 0.3 is 5.97 Å². The normalized spacial score (nSPS) is 11.5. The lowest BCUT2D eigenvalue weighted by Gasteiger charge is -2.16. The number of amides is 1. The Balaban J connectivity index is 2.09. The first-order valence-corrected chi connectivity index (χ1v) is 8.03. The second kappa shape index (κ2) is 7.77. The van der Waals surface area contributed by atoms with Gasteiger partial charge in [-0.1, -0.05) is 23.8 Å². The van der Waals surface area contributed by atoms with Crippen LogP contribution in [0.25, 0.3) is 0 Å². The molecule has 0 bridgehead atoms.